The van der Waals surface area contributed by atoms with Crippen molar-refractivity contribution in [1.82, 2.24) is 5.32 Å². The molecule has 0 unspecified atom stereocenters. The minimum atomic E-state index is -0.879. The molecule has 0 atom stereocenters. The minimum absolute atomic E-state index is 0.107. The standard InChI is InChI=1S/C10H12N2O4.C2H6/c1-2-12-10(16)6-4-3-5(9(11)15)7(13)8(6)14;1-2/h3-4,13-14H,2H2,1H3,(H2,11,15)(H,12,16);1-2H3. The molecule has 1 aromatic carbocycles. The highest BCUT2D eigenvalue weighted by Crippen LogP contribution is 2.32. The number of primary amides is 1. The summed E-state index contributed by atoms with van der Waals surface area (Å²) in [5, 5.41) is 21.4. The van der Waals surface area contributed by atoms with Crippen molar-refractivity contribution in [3.8, 4) is 11.5 Å². The topological polar surface area (TPSA) is 113 Å². The molecule has 1 rings (SSSR count). The van der Waals surface area contributed by atoms with Crippen LogP contribution in [-0.4, -0.2) is 28.6 Å². The molecule has 0 aliphatic heterocycles. The molecule has 6 nitrogen and oxygen atoms in total. The van der Waals surface area contributed by atoms with E-state index in [2.05, 4.69) is 5.32 Å². The lowest BCUT2D eigenvalue weighted by Gasteiger charge is -2.08. The number of hydrogen-bond acceptors (Lipinski definition) is 4. The SMILES string of the molecule is CC.CCNC(=O)c1ccc(C(N)=O)c(O)c1O. The maximum Gasteiger partial charge on any atom is 0.255 e. The highest BCUT2D eigenvalue weighted by Gasteiger charge is 2.18. The maximum absolute atomic E-state index is 11.4. The molecule has 0 aromatic heterocycles. The Bertz CT molecular complexity index is 444. The Morgan fingerprint density at radius 2 is 1.61 bits per heavy atom. The van der Waals surface area contributed by atoms with Crippen LogP contribution in [0, 0.1) is 0 Å². The number of amides is 2. The van der Waals surface area contributed by atoms with Crippen LogP contribution in [0.5, 0.6) is 11.5 Å². The summed E-state index contributed by atoms with van der Waals surface area (Å²) >= 11 is 0. The van der Waals surface area contributed by atoms with E-state index in [9.17, 15) is 19.8 Å². The van der Waals surface area contributed by atoms with E-state index in [-0.39, 0.29) is 11.1 Å². The average Bonchev–Trinajstić information content (AvgIpc) is 2.34. The van der Waals surface area contributed by atoms with Gasteiger partial charge in [0.05, 0.1) is 11.1 Å². The van der Waals surface area contributed by atoms with E-state index in [4.69, 9.17) is 5.73 Å². The zero-order valence-electron chi connectivity index (χ0n) is 10.7. The van der Waals surface area contributed by atoms with Crippen LogP contribution in [0.2, 0.25) is 0 Å². The monoisotopic (exact) mass is 254 g/mol. The summed E-state index contributed by atoms with van der Waals surface area (Å²) in [6.45, 7) is 6.10. The van der Waals surface area contributed by atoms with Crippen LogP contribution in [0.4, 0.5) is 0 Å². The van der Waals surface area contributed by atoms with Crippen molar-refractivity contribution in [1.29, 1.82) is 0 Å². The molecule has 0 radical (unpaired) electrons. The van der Waals surface area contributed by atoms with Crippen molar-refractivity contribution in [2.75, 3.05) is 6.54 Å². The molecular formula is C12H18N2O4. The van der Waals surface area contributed by atoms with Gasteiger partial charge in [-0.05, 0) is 19.1 Å². The fourth-order valence-corrected chi connectivity index (χ4v) is 1.22. The highest BCUT2D eigenvalue weighted by atomic mass is 16.3. The zero-order valence-corrected chi connectivity index (χ0v) is 10.7. The van der Waals surface area contributed by atoms with E-state index >= 15 is 0 Å². The van der Waals surface area contributed by atoms with E-state index in [1.54, 1.807) is 6.92 Å². The Labute approximate surface area is 105 Å². The van der Waals surface area contributed by atoms with Crippen molar-refractivity contribution in [2.24, 2.45) is 5.73 Å². The Morgan fingerprint density at radius 1 is 1.17 bits per heavy atom. The number of nitrogens with two attached hydrogens (primary N) is 1. The van der Waals surface area contributed by atoms with Gasteiger partial charge in [0, 0.05) is 6.54 Å². The van der Waals surface area contributed by atoms with Gasteiger partial charge in [-0.2, -0.15) is 0 Å². The van der Waals surface area contributed by atoms with E-state index in [0.29, 0.717) is 6.54 Å². The Kier molecular flexibility index (Phi) is 6.27. The predicted molar refractivity (Wildman–Crippen MR) is 67.6 cm³/mol. The zero-order chi connectivity index (χ0) is 14.3. The maximum atomic E-state index is 11.4. The van der Waals surface area contributed by atoms with Crippen molar-refractivity contribution in [3.63, 3.8) is 0 Å². The number of phenolic OH excluding ortho intramolecular Hbond substituents is 1. The van der Waals surface area contributed by atoms with Gasteiger partial charge >= 0.3 is 0 Å². The molecule has 0 fully saturated rings. The molecule has 0 aliphatic rings. The van der Waals surface area contributed by atoms with Crippen molar-refractivity contribution < 1.29 is 19.8 Å². The van der Waals surface area contributed by atoms with E-state index in [1.807, 2.05) is 13.8 Å². The molecule has 1 aromatic rings. The van der Waals surface area contributed by atoms with Gasteiger partial charge in [-0.15, -0.1) is 0 Å². The quantitative estimate of drug-likeness (QED) is 0.602. The molecule has 0 heterocycles. The average molecular weight is 254 g/mol. The Balaban J connectivity index is 0.00000137. The van der Waals surface area contributed by atoms with Crippen LogP contribution in [0.15, 0.2) is 12.1 Å². The molecular weight excluding hydrogens is 236 g/mol. The molecule has 2 amide bonds. The first kappa shape index (κ1) is 15.8. The van der Waals surface area contributed by atoms with Gasteiger partial charge in [-0.25, -0.2) is 0 Å². The summed E-state index contributed by atoms with van der Waals surface area (Å²) in [6.07, 6.45) is 0. The number of aromatic hydroxyl groups is 2. The second kappa shape index (κ2) is 7.16. The third-order valence-electron chi connectivity index (χ3n) is 2.00. The lowest BCUT2D eigenvalue weighted by Crippen LogP contribution is -2.23. The van der Waals surface area contributed by atoms with Crippen LogP contribution in [0.1, 0.15) is 41.5 Å². The van der Waals surface area contributed by atoms with Crippen molar-refractivity contribution >= 4 is 11.8 Å². The summed E-state index contributed by atoms with van der Waals surface area (Å²) in [6, 6.07) is 2.40. The third-order valence-corrected chi connectivity index (χ3v) is 2.00. The lowest BCUT2D eigenvalue weighted by molar-refractivity contribution is 0.0948. The number of carbonyl (C=O) groups excluding carboxylic acids is 2. The van der Waals surface area contributed by atoms with Gasteiger partial charge in [0.15, 0.2) is 11.5 Å². The summed E-state index contributed by atoms with van der Waals surface area (Å²) < 4.78 is 0. The summed E-state index contributed by atoms with van der Waals surface area (Å²) in [7, 11) is 0. The minimum Gasteiger partial charge on any atom is -0.504 e. The van der Waals surface area contributed by atoms with E-state index < -0.39 is 23.3 Å². The van der Waals surface area contributed by atoms with E-state index in [0.717, 1.165) is 0 Å². The van der Waals surface area contributed by atoms with E-state index in [1.165, 1.54) is 12.1 Å². The van der Waals surface area contributed by atoms with Gasteiger partial charge in [0.25, 0.3) is 11.8 Å². The summed E-state index contributed by atoms with van der Waals surface area (Å²) in [5.41, 5.74) is 4.62. The largest absolute Gasteiger partial charge is 0.504 e. The predicted octanol–water partition coefficient (Wildman–Crippen LogP) is 0.973. The summed E-state index contributed by atoms with van der Waals surface area (Å²) in [4.78, 5) is 22.2. The first-order chi connectivity index (χ1) is 8.49. The van der Waals surface area contributed by atoms with Crippen LogP contribution >= 0.6 is 0 Å². The lowest BCUT2D eigenvalue weighted by atomic mass is 10.1. The molecule has 0 saturated heterocycles. The van der Waals surface area contributed by atoms with Crippen LogP contribution in [0.25, 0.3) is 0 Å². The molecule has 0 saturated carbocycles. The first-order valence-electron chi connectivity index (χ1n) is 5.62. The van der Waals surface area contributed by atoms with Crippen LogP contribution in [0.3, 0.4) is 0 Å². The number of benzene rings is 1. The number of phenols is 2. The van der Waals surface area contributed by atoms with Gasteiger partial charge in [-0.3, -0.25) is 9.59 Å². The molecule has 0 spiro atoms. The molecule has 100 valence electrons. The normalized spacial score (nSPS) is 9.06. The third kappa shape index (κ3) is 3.38. The Morgan fingerprint density at radius 3 is 2.06 bits per heavy atom. The van der Waals surface area contributed by atoms with Gasteiger partial charge in [0.1, 0.15) is 0 Å². The first-order valence-corrected chi connectivity index (χ1v) is 5.62. The van der Waals surface area contributed by atoms with Crippen LogP contribution < -0.4 is 11.1 Å². The number of rotatable bonds is 3. The second-order valence-corrected chi connectivity index (χ2v) is 3.08. The van der Waals surface area contributed by atoms with Crippen molar-refractivity contribution in [3.05, 3.63) is 23.3 Å². The molecule has 0 aliphatic carbocycles. The van der Waals surface area contributed by atoms with Crippen LogP contribution in [-0.2, 0) is 0 Å². The fraction of sp³-hybridized carbons (Fsp3) is 0.333. The smallest absolute Gasteiger partial charge is 0.255 e. The van der Waals surface area contributed by atoms with Gasteiger partial charge < -0.3 is 21.3 Å². The van der Waals surface area contributed by atoms with Crippen molar-refractivity contribution in [2.45, 2.75) is 20.8 Å². The fourth-order valence-electron chi connectivity index (χ4n) is 1.22. The molecule has 6 heteroatoms. The summed E-state index contributed by atoms with van der Waals surface area (Å²) in [5.74, 6) is -2.75. The molecule has 0 bridgehead atoms. The number of hydrogen-bond donors (Lipinski definition) is 4. The Hall–Kier alpha value is -2.24. The second-order valence-electron chi connectivity index (χ2n) is 3.08. The number of nitrogens with one attached hydrogen (secondary N) is 1. The van der Waals surface area contributed by atoms with Gasteiger partial charge in [-0.1, -0.05) is 13.8 Å². The number of carbonyl (C=O) groups is 2. The molecule has 5 N–H and O–H groups in total. The molecule has 18 heavy (non-hydrogen) atoms. The highest BCUT2D eigenvalue weighted by molar-refractivity contribution is 6.02. The van der Waals surface area contributed by atoms with Gasteiger partial charge in [0.2, 0.25) is 0 Å².